The van der Waals surface area contributed by atoms with Gasteiger partial charge >= 0.3 is 0 Å². The van der Waals surface area contributed by atoms with E-state index in [4.69, 9.17) is 9.47 Å². The first-order valence-corrected chi connectivity index (χ1v) is 6.07. The summed E-state index contributed by atoms with van der Waals surface area (Å²) in [6.07, 6.45) is 0.905. The van der Waals surface area contributed by atoms with Gasteiger partial charge in [0.15, 0.2) is 0 Å². The van der Waals surface area contributed by atoms with E-state index in [0.717, 1.165) is 12.2 Å². The second-order valence-electron chi connectivity index (χ2n) is 4.25. The number of carbonyl (C=O) groups is 1. The van der Waals surface area contributed by atoms with Crippen molar-refractivity contribution in [2.24, 2.45) is 0 Å². The third kappa shape index (κ3) is 4.75. The van der Waals surface area contributed by atoms with Gasteiger partial charge in [-0.05, 0) is 30.0 Å². The monoisotopic (exact) mass is 251 g/mol. The van der Waals surface area contributed by atoms with Crippen LogP contribution in [0.5, 0.6) is 5.75 Å². The molecule has 0 radical (unpaired) electrons. The predicted molar refractivity (Wildman–Crippen MR) is 70.9 cm³/mol. The van der Waals surface area contributed by atoms with Crippen LogP contribution >= 0.6 is 0 Å². The molecule has 1 N–H and O–H groups in total. The Labute approximate surface area is 108 Å². The summed E-state index contributed by atoms with van der Waals surface area (Å²) in [6.45, 7) is 2.93. The molecule has 18 heavy (non-hydrogen) atoms. The zero-order valence-corrected chi connectivity index (χ0v) is 11.2. The van der Waals surface area contributed by atoms with Crippen molar-refractivity contribution in [3.8, 4) is 5.75 Å². The molecule has 0 heterocycles. The minimum Gasteiger partial charge on any atom is -0.497 e. The van der Waals surface area contributed by atoms with E-state index in [1.165, 1.54) is 12.7 Å². The molecule has 1 unspecified atom stereocenters. The van der Waals surface area contributed by atoms with E-state index < -0.39 is 0 Å². The molecule has 0 saturated heterocycles. The van der Waals surface area contributed by atoms with Crippen molar-refractivity contribution in [1.29, 1.82) is 0 Å². The maximum Gasteiger partial charge on any atom is 0.245 e. The molecule has 0 aliphatic carbocycles. The van der Waals surface area contributed by atoms with Crippen LogP contribution in [0.2, 0.25) is 0 Å². The number of hydrogen-bond acceptors (Lipinski definition) is 3. The molecular formula is C14H21NO3. The van der Waals surface area contributed by atoms with E-state index in [2.05, 4.69) is 24.4 Å². The van der Waals surface area contributed by atoms with Crippen molar-refractivity contribution in [3.05, 3.63) is 29.8 Å². The highest BCUT2D eigenvalue weighted by molar-refractivity contribution is 5.77. The molecule has 0 aliphatic heterocycles. The van der Waals surface area contributed by atoms with Crippen molar-refractivity contribution >= 4 is 5.91 Å². The normalized spacial score (nSPS) is 11.9. The Hall–Kier alpha value is -1.55. The molecule has 1 amide bonds. The van der Waals surface area contributed by atoms with Gasteiger partial charge in [-0.15, -0.1) is 0 Å². The average Bonchev–Trinajstić information content (AvgIpc) is 2.39. The number of carbonyl (C=O) groups excluding carboxylic acids is 1. The Morgan fingerprint density at radius 3 is 2.50 bits per heavy atom. The molecule has 0 aromatic heterocycles. The van der Waals surface area contributed by atoms with Crippen LogP contribution in [0, 0.1) is 0 Å². The molecule has 0 bridgehead atoms. The molecule has 1 aromatic carbocycles. The van der Waals surface area contributed by atoms with Crippen molar-refractivity contribution in [2.45, 2.75) is 19.3 Å². The lowest BCUT2D eigenvalue weighted by atomic mass is 9.98. The molecule has 100 valence electrons. The Bertz CT molecular complexity index is 362. The summed E-state index contributed by atoms with van der Waals surface area (Å²) >= 11 is 0. The van der Waals surface area contributed by atoms with Gasteiger partial charge < -0.3 is 14.8 Å². The summed E-state index contributed by atoms with van der Waals surface area (Å²) in [5.74, 6) is 1.19. The lowest BCUT2D eigenvalue weighted by Gasteiger charge is -2.13. The third-order valence-corrected chi connectivity index (χ3v) is 2.86. The highest BCUT2D eigenvalue weighted by atomic mass is 16.5. The van der Waals surface area contributed by atoms with E-state index >= 15 is 0 Å². The average molecular weight is 251 g/mol. The molecule has 0 saturated carbocycles. The summed E-state index contributed by atoms with van der Waals surface area (Å²) in [4.78, 5) is 11.2. The van der Waals surface area contributed by atoms with Crippen LogP contribution < -0.4 is 10.1 Å². The van der Waals surface area contributed by atoms with Crippen LogP contribution in [-0.2, 0) is 9.53 Å². The number of benzene rings is 1. The minimum absolute atomic E-state index is 0.0700. The smallest absolute Gasteiger partial charge is 0.245 e. The van der Waals surface area contributed by atoms with Crippen molar-refractivity contribution < 1.29 is 14.3 Å². The van der Waals surface area contributed by atoms with Crippen LogP contribution in [0.3, 0.4) is 0 Å². The predicted octanol–water partition coefficient (Wildman–Crippen LogP) is 1.95. The van der Waals surface area contributed by atoms with Crippen LogP contribution in [-0.4, -0.2) is 33.3 Å². The number of rotatable bonds is 7. The van der Waals surface area contributed by atoms with E-state index in [9.17, 15) is 4.79 Å². The standard InChI is InChI=1S/C14H21NO3/c1-11(8-9-15-14(16)10-17-2)12-4-6-13(18-3)7-5-12/h4-7,11H,8-10H2,1-3H3,(H,15,16). The fourth-order valence-corrected chi connectivity index (χ4v) is 1.71. The first-order valence-electron chi connectivity index (χ1n) is 6.07. The number of hydrogen-bond donors (Lipinski definition) is 1. The largest absolute Gasteiger partial charge is 0.497 e. The van der Waals surface area contributed by atoms with Gasteiger partial charge in [0.25, 0.3) is 0 Å². The molecule has 0 aliphatic rings. The zero-order valence-electron chi connectivity index (χ0n) is 11.2. The Morgan fingerprint density at radius 2 is 1.94 bits per heavy atom. The topological polar surface area (TPSA) is 47.6 Å². The van der Waals surface area contributed by atoms with Gasteiger partial charge in [-0.2, -0.15) is 0 Å². The van der Waals surface area contributed by atoms with Gasteiger partial charge in [-0.25, -0.2) is 0 Å². The summed E-state index contributed by atoms with van der Waals surface area (Å²) in [5.41, 5.74) is 1.25. The summed E-state index contributed by atoms with van der Waals surface area (Å²) < 4.78 is 9.86. The van der Waals surface area contributed by atoms with E-state index in [1.54, 1.807) is 7.11 Å². The molecule has 1 rings (SSSR count). The van der Waals surface area contributed by atoms with Crippen LogP contribution in [0.1, 0.15) is 24.8 Å². The zero-order chi connectivity index (χ0) is 13.4. The Balaban J connectivity index is 2.35. The van der Waals surface area contributed by atoms with Gasteiger partial charge in [0.1, 0.15) is 12.4 Å². The lowest BCUT2D eigenvalue weighted by Crippen LogP contribution is -2.28. The third-order valence-electron chi connectivity index (χ3n) is 2.86. The van der Waals surface area contributed by atoms with Crippen molar-refractivity contribution in [3.63, 3.8) is 0 Å². The van der Waals surface area contributed by atoms with Gasteiger partial charge in [-0.3, -0.25) is 4.79 Å². The number of ether oxygens (including phenoxy) is 2. The Morgan fingerprint density at radius 1 is 1.28 bits per heavy atom. The van der Waals surface area contributed by atoms with Crippen molar-refractivity contribution in [2.75, 3.05) is 27.4 Å². The first-order chi connectivity index (χ1) is 8.67. The van der Waals surface area contributed by atoms with Gasteiger partial charge in [0.05, 0.1) is 7.11 Å². The number of methoxy groups -OCH3 is 2. The van der Waals surface area contributed by atoms with Gasteiger partial charge in [-0.1, -0.05) is 19.1 Å². The second-order valence-corrected chi connectivity index (χ2v) is 4.25. The van der Waals surface area contributed by atoms with E-state index in [-0.39, 0.29) is 12.5 Å². The second kappa shape index (κ2) is 7.71. The Kier molecular flexibility index (Phi) is 6.22. The van der Waals surface area contributed by atoms with Gasteiger partial charge in [0, 0.05) is 13.7 Å². The molecule has 4 heteroatoms. The summed E-state index contributed by atoms with van der Waals surface area (Å²) in [6, 6.07) is 8.02. The molecular weight excluding hydrogens is 230 g/mol. The highest BCUT2D eigenvalue weighted by Crippen LogP contribution is 2.21. The lowest BCUT2D eigenvalue weighted by molar-refractivity contribution is -0.124. The highest BCUT2D eigenvalue weighted by Gasteiger charge is 2.06. The maximum absolute atomic E-state index is 11.2. The molecule has 1 aromatic rings. The molecule has 4 nitrogen and oxygen atoms in total. The number of nitrogens with one attached hydrogen (secondary N) is 1. The fourth-order valence-electron chi connectivity index (χ4n) is 1.71. The summed E-state index contributed by atoms with van der Waals surface area (Å²) in [5, 5.41) is 2.82. The summed E-state index contributed by atoms with van der Waals surface area (Å²) in [7, 11) is 3.17. The van der Waals surface area contributed by atoms with Crippen LogP contribution in [0.15, 0.2) is 24.3 Å². The fraction of sp³-hybridized carbons (Fsp3) is 0.500. The van der Waals surface area contributed by atoms with E-state index in [0.29, 0.717) is 12.5 Å². The van der Waals surface area contributed by atoms with Crippen molar-refractivity contribution in [1.82, 2.24) is 5.32 Å². The number of amides is 1. The van der Waals surface area contributed by atoms with Crippen LogP contribution in [0.25, 0.3) is 0 Å². The van der Waals surface area contributed by atoms with E-state index in [1.807, 2.05) is 12.1 Å². The minimum atomic E-state index is -0.0700. The van der Waals surface area contributed by atoms with Crippen LogP contribution in [0.4, 0.5) is 0 Å². The SMILES string of the molecule is COCC(=O)NCCC(C)c1ccc(OC)cc1. The molecule has 0 fully saturated rings. The maximum atomic E-state index is 11.2. The first kappa shape index (κ1) is 14.5. The molecule has 1 atom stereocenters. The quantitative estimate of drug-likeness (QED) is 0.805. The van der Waals surface area contributed by atoms with Gasteiger partial charge in [0.2, 0.25) is 5.91 Å². The molecule has 0 spiro atoms.